The number of hydrogen-bond acceptors (Lipinski definition) is 5. The summed E-state index contributed by atoms with van der Waals surface area (Å²) in [5.41, 5.74) is -0.685. The maximum atomic E-state index is 12.0. The molecule has 0 saturated carbocycles. The number of aliphatic hydroxyl groups is 1. The number of furan rings is 1. The van der Waals surface area contributed by atoms with Gasteiger partial charge in [-0.1, -0.05) is 12.1 Å². The van der Waals surface area contributed by atoms with Gasteiger partial charge in [0.25, 0.3) is 0 Å². The number of carbonyl (C=O) groups is 1. The summed E-state index contributed by atoms with van der Waals surface area (Å²) in [4.78, 5) is 13.8. The van der Waals surface area contributed by atoms with Gasteiger partial charge < -0.3 is 14.8 Å². The highest BCUT2D eigenvalue weighted by molar-refractivity contribution is 7.10. The molecule has 3 heterocycles. The summed E-state index contributed by atoms with van der Waals surface area (Å²) < 4.78 is 5.08. The molecule has 0 aliphatic carbocycles. The Labute approximate surface area is 141 Å². The van der Waals surface area contributed by atoms with E-state index in [0.717, 1.165) is 9.75 Å². The molecule has 0 saturated heterocycles. The van der Waals surface area contributed by atoms with Crippen LogP contribution in [0.1, 0.15) is 15.3 Å². The smallest absolute Gasteiger partial charge is 0.244 e. The molecule has 3 aromatic rings. The zero-order valence-corrected chi connectivity index (χ0v) is 13.8. The van der Waals surface area contributed by atoms with E-state index in [1.165, 1.54) is 29.9 Å². The molecule has 0 aliphatic heterocycles. The molecule has 1 atom stereocenters. The summed E-state index contributed by atoms with van der Waals surface area (Å²) in [6.07, 6.45) is 6.22. The zero-order valence-electron chi connectivity index (χ0n) is 12.1. The van der Waals surface area contributed by atoms with Crippen molar-refractivity contribution in [3.05, 3.63) is 75.0 Å². The molecule has 0 aromatic carbocycles. The average molecular weight is 345 g/mol. The summed E-state index contributed by atoms with van der Waals surface area (Å²) in [5.74, 6) is -0.253. The number of nitrogens with one attached hydrogen (secondary N) is 1. The van der Waals surface area contributed by atoms with E-state index in [0.29, 0.717) is 5.56 Å². The monoisotopic (exact) mass is 345 g/mol. The third kappa shape index (κ3) is 3.61. The van der Waals surface area contributed by atoms with Gasteiger partial charge in [0.15, 0.2) is 0 Å². The Hall–Kier alpha value is -2.15. The normalized spacial score (nSPS) is 14.0. The van der Waals surface area contributed by atoms with E-state index in [9.17, 15) is 9.90 Å². The first-order valence-electron chi connectivity index (χ1n) is 6.97. The number of thiophene rings is 2. The molecular weight excluding hydrogens is 330 g/mol. The topological polar surface area (TPSA) is 62.5 Å². The minimum absolute atomic E-state index is 0.0701. The van der Waals surface area contributed by atoms with Gasteiger partial charge in [-0.3, -0.25) is 4.79 Å². The molecule has 4 nitrogen and oxygen atoms in total. The Morgan fingerprint density at radius 3 is 2.74 bits per heavy atom. The molecule has 3 aromatic heterocycles. The van der Waals surface area contributed by atoms with Gasteiger partial charge >= 0.3 is 0 Å². The van der Waals surface area contributed by atoms with Crippen LogP contribution in [0, 0.1) is 0 Å². The van der Waals surface area contributed by atoms with Crippen molar-refractivity contribution in [3.63, 3.8) is 0 Å². The summed E-state index contributed by atoms with van der Waals surface area (Å²) in [7, 11) is 0. The molecule has 0 unspecified atom stereocenters. The molecular formula is C17H15NO3S2. The number of hydrogen-bond donors (Lipinski definition) is 2. The van der Waals surface area contributed by atoms with Crippen LogP contribution in [0.3, 0.4) is 0 Å². The predicted molar refractivity (Wildman–Crippen MR) is 92.4 cm³/mol. The molecule has 0 aliphatic rings. The summed E-state index contributed by atoms with van der Waals surface area (Å²) in [6, 6.07) is 9.26. The lowest BCUT2D eigenvalue weighted by atomic mass is 9.94. The van der Waals surface area contributed by atoms with Gasteiger partial charge in [0.2, 0.25) is 5.91 Å². The van der Waals surface area contributed by atoms with Crippen LogP contribution < -0.4 is 5.32 Å². The number of carbonyl (C=O) groups excluding carboxylic acids is 1. The summed E-state index contributed by atoms with van der Waals surface area (Å²) in [6.45, 7) is 0.0701. The van der Waals surface area contributed by atoms with Crippen molar-refractivity contribution in [2.45, 2.75) is 5.60 Å². The minimum atomic E-state index is -1.30. The van der Waals surface area contributed by atoms with Gasteiger partial charge in [-0.15, -0.1) is 22.7 Å². The Morgan fingerprint density at radius 2 is 2.09 bits per heavy atom. The Bertz CT molecular complexity index is 725. The molecule has 0 radical (unpaired) electrons. The summed E-state index contributed by atoms with van der Waals surface area (Å²) >= 11 is 2.99. The third-order valence-corrected chi connectivity index (χ3v) is 5.25. The van der Waals surface area contributed by atoms with E-state index < -0.39 is 5.60 Å². The van der Waals surface area contributed by atoms with Crippen LogP contribution in [-0.2, 0) is 10.4 Å². The van der Waals surface area contributed by atoms with E-state index >= 15 is 0 Å². The molecule has 23 heavy (non-hydrogen) atoms. The Balaban J connectivity index is 1.71. The molecule has 1 amide bonds. The number of rotatable bonds is 6. The molecule has 0 fully saturated rings. The van der Waals surface area contributed by atoms with E-state index in [1.807, 2.05) is 35.0 Å². The maximum Gasteiger partial charge on any atom is 0.244 e. The van der Waals surface area contributed by atoms with Crippen LogP contribution in [0.5, 0.6) is 0 Å². The molecule has 2 N–H and O–H groups in total. The first-order chi connectivity index (χ1) is 11.2. The van der Waals surface area contributed by atoms with Gasteiger partial charge in [-0.25, -0.2) is 0 Å². The zero-order chi connectivity index (χ0) is 16.1. The molecule has 0 spiro atoms. The van der Waals surface area contributed by atoms with Crippen molar-refractivity contribution in [1.29, 1.82) is 0 Å². The van der Waals surface area contributed by atoms with E-state index in [1.54, 1.807) is 23.5 Å². The fraction of sp³-hybridized carbons (Fsp3) is 0.118. The van der Waals surface area contributed by atoms with Crippen molar-refractivity contribution < 1.29 is 14.3 Å². The first-order valence-corrected chi connectivity index (χ1v) is 8.73. The molecule has 3 rings (SSSR count). The van der Waals surface area contributed by atoms with Crippen molar-refractivity contribution in [1.82, 2.24) is 5.32 Å². The predicted octanol–water partition coefficient (Wildman–Crippen LogP) is 3.47. The SMILES string of the molecule is O=C(/C=C/c1cccs1)NC[C@@](O)(c1ccoc1)c1cccs1. The van der Waals surface area contributed by atoms with Crippen molar-refractivity contribution in [3.8, 4) is 0 Å². The highest BCUT2D eigenvalue weighted by Crippen LogP contribution is 2.32. The van der Waals surface area contributed by atoms with E-state index in [2.05, 4.69) is 5.32 Å². The highest BCUT2D eigenvalue weighted by Gasteiger charge is 2.34. The molecule has 0 bridgehead atoms. The highest BCUT2D eigenvalue weighted by atomic mass is 32.1. The fourth-order valence-electron chi connectivity index (χ4n) is 2.16. The van der Waals surface area contributed by atoms with Crippen molar-refractivity contribution >= 4 is 34.7 Å². The van der Waals surface area contributed by atoms with Crippen molar-refractivity contribution in [2.24, 2.45) is 0 Å². The fourth-order valence-corrected chi connectivity index (χ4v) is 3.63. The Morgan fingerprint density at radius 1 is 1.26 bits per heavy atom. The van der Waals surface area contributed by atoms with Crippen LogP contribution in [0.2, 0.25) is 0 Å². The Kier molecular flexibility index (Phi) is 4.76. The molecule has 118 valence electrons. The lowest BCUT2D eigenvalue weighted by Gasteiger charge is -2.26. The minimum Gasteiger partial charge on any atom is -0.472 e. The first kappa shape index (κ1) is 15.7. The van der Waals surface area contributed by atoms with E-state index in [4.69, 9.17) is 4.42 Å². The largest absolute Gasteiger partial charge is 0.472 e. The van der Waals surface area contributed by atoms with Gasteiger partial charge in [0.05, 0.1) is 19.1 Å². The summed E-state index contributed by atoms with van der Waals surface area (Å²) in [5, 5.41) is 17.6. The van der Waals surface area contributed by atoms with Crippen LogP contribution in [0.25, 0.3) is 6.08 Å². The van der Waals surface area contributed by atoms with Gasteiger partial charge in [-0.2, -0.15) is 0 Å². The second-order valence-corrected chi connectivity index (χ2v) is 6.84. The second-order valence-electron chi connectivity index (χ2n) is 4.92. The van der Waals surface area contributed by atoms with Crippen LogP contribution >= 0.6 is 22.7 Å². The average Bonchev–Trinajstić information content (AvgIpc) is 3.33. The van der Waals surface area contributed by atoms with Crippen LogP contribution in [-0.4, -0.2) is 17.6 Å². The lowest BCUT2D eigenvalue weighted by Crippen LogP contribution is -2.40. The lowest BCUT2D eigenvalue weighted by molar-refractivity contribution is -0.117. The quantitative estimate of drug-likeness (QED) is 0.673. The van der Waals surface area contributed by atoms with Gasteiger partial charge in [0, 0.05) is 21.4 Å². The van der Waals surface area contributed by atoms with Crippen LogP contribution in [0.4, 0.5) is 0 Å². The molecule has 6 heteroatoms. The second kappa shape index (κ2) is 6.95. The van der Waals surface area contributed by atoms with Gasteiger partial charge in [-0.05, 0) is 35.0 Å². The van der Waals surface area contributed by atoms with Crippen molar-refractivity contribution in [2.75, 3.05) is 6.54 Å². The van der Waals surface area contributed by atoms with Crippen LogP contribution in [0.15, 0.2) is 64.1 Å². The third-order valence-electron chi connectivity index (χ3n) is 3.39. The number of amides is 1. The maximum absolute atomic E-state index is 12.0. The van der Waals surface area contributed by atoms with Gasteiger partial charge in [0.1, 0.15) is 5.60 Å². The standard InChI is InChI=1S/C17H15NO3S2/c19-16(6-5-14-3-1-9-22-14)18-12-17(20,13-7-8-21-11-13)15-4-2-10-23-15/h1-11,20H,12H2,(H,18,19)/b6-5+/t17-/m1/s1. The van der Waals surface area contributed by atoms with E-state index in [-0.39, 0.29) is 12.5 Å².